The van der Waals surface area contributed by atoms with Crippen LogP contribution in [0.25, 0.3) is 11.1 Å². The smallest absolute Gasteiger partial charge is 0.321 e. The largest absolute Gasteiger partial charge is 0.424 e. The Morgan fingerprint density at radius 3 is 2.20 bits per heavy atom. The average molecular weight is 374 g/mol. The molecular formula is C16H11IN2O. The molecule has 0 aliphatic rings. The minimum absolute atomic E-state index is 0.355. The van der Waals surface area contributed by atoms with Crippen molar-refractivity contribution >= 4 is 22.6 Å². The van der Waals surface area contributed by atoms with E-state index in [-0.39, 0.29) is 0 Å². The number of para-hydroxylation sites is 1. The first kappa shape index (κ1) is 13.1. The summed E-state index contributed by atoms with van der Waals surface area (Å²) in [6, 6.07) is 18.3. The molecule has 20 heavy (non-hydrogen) atoms. The van der Waals surface area contributed by atoms with Crippen molar-refractivity contribution in [3.8, 4) is 22.9 Å². The SMILES string of the molecule is Ic1cnc(Oc2ccccc2-c2ccccc2)nc1. The maximum absolute atomic E-state index is 5.79. The molecule has 0 saturated carbocycles. The van der Waals surface area contributed by atoms with E-state index in [1.807, 2.05) is 42.5 Å². The Labute approximate surface area is 130 Å². The van der Waals surface area contributed by atoms with Crippen molar-refractivity contribution in [2.45, 2.75) is 0 Å². The van der Waals surface area contributed by atoms with Crippen molar-refractivity contribution in [1.82, 2.24) is 9.97 Å². The summed E-state index contributed by atoms with van der Waals surface area (Å²) in [5, 5.41) is 0. The molecule has 2 aromatic carbocycles. The van der Waals surface area contributed by atoms with Crippen molar-refractivity contribution in [2.75, 3.05) is 0 Å². The van der Waals surface area contributed by atoms with Crippen LogP contribution in [0.15, 0.2) is 67.0 Å². The zero-order valence-electron chi connectivity index (χ0n) is 10.5. The van der Waals surface area contributed by atoms with Gasteiger partial charge >= 0.3 is 6.01 Å². The van der Waals surface area contributed by atoms with Gasteiger partial charge in [0.05, 0.1) is 0 Å². The van der Waals surface area contributed by atoms with E-state index >= 15 is 0 Å². The first-order valence-corrected chi connectivity index (χ1v) is 7.20. The number of halogens is 1. The van der Waals surface area contributed by atoms with Crippen LogP contribution in [0.3, 0.4) is 0 Å². The van der Waals surface area contributed by atoms with E-state index in [1.54, 1.807) is 12.4 Å². The van der Waals surface area contributed by atoms with Crippen LogP contribution in [0.4, 0.5) is 0 Å². The highest BCUT2D eigenvalue weighted by atomic mass is 127. The number of nitrogens with zero attached hydrogens (tertiary/aromatic N) is 2. The number of aromatic nitrogens is 2. The maximum atomic E-state index is 5.79. The van der Waals surface area contributed by atoms with Gasteiger partial charge in [-0.15, -0.1) is 0 Å². The van der Waals surface area contributed by atoms with Gasteiger partial charge in [-0.25, -0.2) is 9.97 Å². The van der Waals surface area contributed by atoms with Crippen molar-refractivity contribution in [2.24, 2.45) is 0 Å². The van der Waals surface area contributed by atoms with Crippen LogP contribution >= 0.6 is 22.6 Å². The Kier molecular flexibility index (Phi) is 3.92. The standard InChI is InChI=1S/C16H11IN2O/c17-13-10-18-16(19-11-13)20-15-9-5-4-8-14(15)12-6-2-1-3-7-12/h1-11H. The lowest BCUT2D eigenvalue weighted by Gasteiger charge is -2.09. The van der Waals surface area contributed by atoms with Gasteiger partial charge in [0, 0.05) is 21.5 Å². The molecule has 4 heteroatoms. The van der Waals surface area contributed by atoms with Gasteiger partial charge < -0.3 is 4.74 Å². The van der Waals surface area contributed by atoms with Crippen LogP contribution in [0.5, 0.6) is 11.8 Å². The summed E-state index contributed by atoms with van der Waals surface area (Å²) in [5.74, 6) is 0.750. The average Bonchev–Trinajstić information content (AvgIpc) is 2.51. The molecule has 0 spiro atoms. The second-order valence-corrected chi connectivity index (χ2v) is 5.39. The molecular weight excluding hydrogens is 363 g/mol. The Hall–Kier alpha value is -1.95. The summed E-state index contributed by atoms with van der Waals surface area (Å²) in [5.41, 5.74) is 2.13. The normalized spacial score (nSPS) is 10.2. The molecule has 1 aromatic heterocycles. The topological polar surface area (TPSA) is 35.0 Å². The zero-order valence-corrected chi connectivity index (χ0v) is 12.7. The molecule has 0 bridgehead atoms. The van der Waals surface area contributed by atoms with Gasteiger partial charge in [-0.05, 0) is 34.2 Å². The van der Waals surface area contributed by atoms with Gasteiger partial charge in [0.15, 0.2) is 0 Å². The maximum Gasteiger partial charge on any atom is 0.321 e. The summed E-state index contributed by atoms with van der Waals surface area (Å²) in [7, 11) is 0. The van der Waals surface area contributed by atoms with E-state index in [2.05, 4.69) is 44.7 Å². The predicted molar refractivity (Wildman–Crippen MR) is 86.7 cm³/mol. The van der Waals surface area contributed by atoms with E-state index in [4.69, 9.17) is 4.74 Å². The van der Waals surface area contributed by atoms with Gasteiger partial charge in [-0.3, -0.25) is 0 Å². The van der Waals surface area contributed by atoms with Crippen LogP contribution < -0.4 is 4.74 Å². The molecule has 0 saturated heterocycles. The third-order valence-electron chi connectivity index (χ3n) is 2.77. The lowest BCUT2D eigenvalue weighted by Crippen LogP contribution is -1.93. The highest BCUT2D eigenvalue weighted by molar-refractivity contribution is 14.1. The van der Waals surface area contributed by atoms with Crippen LogP contribution in [0.1, 0.15) is 0 Å². The number of hydrogen-bond donors (Lipinski definition) is 0. The molecule has 98 valence electrons. The fourth-order valence-electron chi connectivity index (χ4n) is 1.86. The fraction of sp³-hybridized carbons (Fsp3) is 0. The van der Waals surface area contributed by atoms with Crippen LogP contribution in [0.2, 0.25) is 0 Å². The molecule has 0 N–H and O–H groups in total. The zero-order chi connectivity index (χ0) is 13.8. The highest BCUT2D eigenvalue weighted by Gasteiger charge is 2.07. The van der Waals surface area contributed by atoms with E-state index in [0.717, 1.165) is 20.4 Å². The second kappa shape index (κ2) is 6.00. The molecule has 0 aliphatic heterocycles. The van der Waals surface area contributed by atoms with Crippen molar-refractivity contribution in [1.29, 1.82) is 0 Å². The van der Waals surface area contributed by atoms with Gasteiger partial charge in [0.1, 0.15) is 5.75 Å². The van der Waals surface area contributed by atoms with Gasteiger partial charge in [-0.1, -0.05) is 48.5 Å². The molecule has 0 fully saturated rings. The molecule has 1 heterocycles. The predicted octanol–water partition coefficient (Wildman–Crippen LogP) is 4.54. The molecule has 0 unspecified atom stereocenters. The van der Waals surface area contributed by atoms with Crippen molar-refractivity contribution in [3.63, 3.8) is 0 Å². The van der Waals surface area contributed by atoms with E-state index in [0.29, 0.717) is 6.01 Å². The summed E-state index contributed by atoms with van der Waals surface area (Å²) >= 11 is 2.16. The first-order valence-electron chi connectivity index (χ1n) is 6.13. The summed E-state index contributed by atoms with van der Waals surface area (Å²) in [6.07, 6.45) is 3.46. The Balaban J connectivity index is 1.96. The summed E-state index contributed by atoms with van der Waals surface area (Å²) < 4.78 is 6.77. The minimum Gasteiger partial charge on any atom is -0.424 e. The van der Waals surface area contributed by atoms with Crippen LogP contribution in [-0.4, -0.2) is 9.97 Å². The number of rotatable bonds is 3. The van der Waals surface area contributed by atoms with Gasteiger partial charge in [0.25, 0.3) is 0 Å². The third-order valence-corrected chi connectivity index (χ3v) is 3.33. The molecule has 0 aliphatic carbocycles. The minimum atomic E-state index is 0.355. The van der Waals surface area contributed by atoms with Gasteiger partial charge in [-0.2, -0.15) is 0 Å². The molecule has 0 radical (unpaired) electrons. The quantitative estimate of drug-likeness (QED) is 0.632. The number of hydrogen-bond acceptors (Lipinski definition) is 3. The van der Waals surface area contributed by atoms with Crippen molar-refractivity contribution < 1.29 is 4.74 Å². The monoisotopic (exact) mass is 374 g/mol. The molecule has 0 amide bonds. The van der Waals surface area contributed by atoms with E-state index in [9.17, 15) is 0 Å². The number of ether oxygens (including phenoxy) is 1. The van der Waals surface area contributed by atoms with E-state index < -0.39 is 0 Å². The van der Waals surface area contributed by atoms with Crippen LogP contribution in [0, 0.1) is 3.57 Å². The molecule has 3 nitrogen and oxygen atoms in total. The summed E-state index contributed by atoms with van der Waals surface area (Å²) in [4.78, 5) is 8.34. The lowest BCUT2D eigenvalue weighted by atomic mass is 10.1. The second-order valence-electron chi connectivity index (χ2n) is 4.15. The Morgan fingerprint density at radius 1 is 0.800 bits per heavy atom. The Morgan fingerprint density at radius 2 is 1.45 bits per heavy atom. The molecule has 3 rings (SSSR count). The van der Waals surface area contributed by atoms with E-state index in [1.165, 1.54) is 0 Å². The van der Waals surface area contributed by atoms with Crippen molar-refractivity contribution in [3.05, 3.63) is 70.6 Å². The number of benzene rings is 2. The van der Waals surface area contributed by atoms with Gasteiger partial charge in [0.2, 0.25) is 0 Å². The summed E-state index contributed by atoms with van der Waals surface area (Å²) in [6.45, 7) is 0. The Bertz CT molecular complexity index is 699. The third kappa shape index (κ3) is 2.96. The van der Waals surface area contributed by atoms with Crippen LogP contribution in [-0.2, 0) is 0 Å². The fourth-order valence-corrected chi connectivity index (χ4v) is 2.14. The lowest BCUT2D eigenvalue weighted by molar-refractivity contribution is 0.443. The molecule has 3 aromatic rings. The highest BCUT2D eigenvalue weighted by Crippen LogP contribution is 2.31. The molecule has 0 atom stereocenters. The first-order chi connectivity index (χ1) is 9.83.